The summed E-state index contributed by atoms with van der Waals surface area (Å²) in [5.41, 5.74) is -1.42. The van der Waals surface area contributed by atoms with Gasteiger partial charge >= 0.3 is 6.18 Å². The average Bonchev–Trinajstić information content (AvgIpc) is 2.03. The summed E-state index contributed by atoms with van der Waals surface area (Å²) in [4.78, 5) is 0. The zero-order valence-electron chi connectivity index (χ0n) is 6.19. The van der Waals surface area contributed by atoms with E-state index in [2.05, 4.69) is 0 Å². The van der Waals surface area contributed by atoms with Crippen molar-refractivity contribution < 1.29 is 13.2 Å². The Morgan fingerprint density at radius 3 is 2.38 bits per heavy atom. The van der Waals surface area contributed by atoms with Gasteiger partial charge in [0.1, 0.15) is 0 Å². The Hall–Kier alpha value is -1.21. The summed E-state index contributed by atoms with van der Waals surface area (Å²) in [6.45, 7) is 0. The van der Waals surface area contributed by atoms with E-state index in [1.165, 1.54) is 12.1 Å². The lowest BCUT2D eigenvalue weighted by Gasteiger charge is -2.07. The molecule has 0 radical (unpaired) electrons. The van der Waals surface area contributed by atoms with E-state index < -0.39 is 17.3 Å². The Morgan fingerprint density at radius 1 is 1.31 bits per heavy atom. The molecule has 0 atom stereocenters. The van der Waals surface area contributed by atoms with Crippen molar-refractivity contribution in [1.82, 2.24) is 0 Å². The first-order valence-electron chi connectivity index (χ1n) is 3.22. The Morgan fingerprint density at radius 2 is 1.92 bits per heavy atom. The molecule has 0 heterocycles. The molecular weight excluding hydrogens is 203 g/mol. The van der Waals surface area contributed by atoms with Crippen molar-refractivity contribution in [2.45, 2.75) is 6.18 Å². The standard InChI is InChI=1S/C8H3ClF3N/c9-6-2-1-5(4-13)7(3-6)8(10,11)12/h1-3H. The van der Waals surface area contributed by atoms with Crippen molar-refractivity contribution in [3.63, 3.8) is 0 Å². The third-order valence-electron chi connectivity index (χ3n) is 1.41. The fourth-order valence-corrected chi connectivity index (χ4v) is 1.02. The molecule has 0 amide bonds. The van der Waals surface area contributed by atoms with Gasteiger partial charge in [0.2, 0.25) is 0 Å². The van der Waals surface area contributed by atoms with Crippen LogP contribution in [0.15, 0.2) is 18.2 Å². The molecule has 68 valence electrons. The van der Waals surface area contributed by atoms with E-state index in [4.69, 9.17) is 16.9 Å². The van der Waals surface area contributed by atoms with Crippen molar-refractivity contribution in [2.75, 3.05) is 0 Å². The first-order chi connectivity index (χ1) is 5.95. The third-order valence-corrected chi connectivity index (χ3v) is 1.64. The summed E-state index contributed by atoms with van der Waals surface area (Å²) in [6.07, 6.45) is -4.53. The van der Waals surface area contributed by atoms with Crippen LogP contribution in [0.5, 0.6) is 0 Å². The zero-order chi connectivity index (χ0) is 10.1. The summed E-state index contributed by atoms with van der Waals surface area (Å²) in [5, 5.41) is 8.34. The fraction of sp³-hybridized carbons (Fsp3) is 0.125. The molecule has 1 aromatic rings. The highest BCUT2D eigenvalue weighted by atomic mass is 35.5. The van der Waals surface area contributed by atoms with Gasteiger partial charge in [0.15, 0.2) is 0 Å². The van der Waals surface area contributed by atoms with E-state index in [1.807, 2.05) is 0 Å². The minimum Gasteiger partial charge on any atom is -0.192 e. The number of nitriles is 1. The predicted octanol–water partition coefficient (Wildman–Crippen LogP) is 3.23. The molecule has 0 bridgehead atoms. The molecule has 0 spiro atoms. The van der Waals surface area contributed by atoms with Crippen LogP contribution in [0.4, 0.5) is 13.2 Å². The maximum atomic E-state index is 12.2. The van der Waals surface area contributed by atoms with Crippen molar-refractivity contribution >= 4 is 11.6 Å². The van der Waals surface area contributed by atoms with Crippen LogP contribution < -0.4 is 0 Å². The first-order valence-corrected chi connectivity index (χ1v) is 3.60. The molecule has 1 nitrogen and oxygen atoms in total. The molecule has 5 heteroatoms. The quantitative estimate of drug-likeness (QED) is 0.638. The van der Waals surface area contributed by atoms with Crippen LogP contribution in [0.1, 0.15) is 11.1 Å². The van der Waals surface area contributed by atoms with Crippen LogP contribution in [-0.2, 0) is 6.18 Å². The van der Waals surface area contributed by atoms with Gasteiger partial charge in [-0.3, -0.25) is 0 Å². The Labute approximate surface area is 77.4 Å². The molecule has 0 unspecified atom stereocenters. The summed E-state index contributed by atoms with van der Waals surface area (Å²) >= 11 is 5.37. The molecule has 0 aromatic heterocycles. The lowest BCUT2D eigenvalue weighted by molar-refractivity contribution is -0.137. The Bertz CT molecular complexity index is 365. The van der Waals surface area contributed by atoms with Crippen LogP contribution in [0.25, 0.3) is 0 Å². The number of hydrogen-bond acceptors (Lipinski definition) is 1. The van der Waals surface area contributed by atoms with E-state index >= 15 is 0 Å². The second-order valence-corrected chi connectivity index (χ2v) is 2.74. The highest BCUT2D eigenvalue weighted by Gasteiger charge is 2.33. The van der Waals surface area contributed by atoms with Crippen molar-refractivity contribution in [3.05, 3.63) is 34.3 Å². The van der Waals surface area contributed by atoms with Crippen LogP contribution in [-0.4, -0.2) is 0 Å². The van der Waals surface area contributed by atoms with Gasteiger partial charge in [-0.25, -0.2) is 0 Å². The minimum absolute atomic E-state index is 0.0358. The van der Waals surface area contributed by atoms with Crippen molar-refractivity contribution in [1.29, 1.82) is 5.26 Å². The number of alkyl halides is 3. The van der Waals surface area contributed by atoms with Gasteiger partial charge in [0.05, 0.1) is 17.2 Å². The smallest absolute Gasteiger partial charge is 0.192 e. The van der Waals surface area contributed by atoms with Gasteiger partial charge in [-0.2, -0.15) is 18.4 Å². The number of nitrogens with zero attached hydrogens (tertiary/aromatic N) is 1. The van der Waals surface area contributed by atoms with Crippen molar-refractivity contribution in [3.8, 4) is 6.07 Å². The SMILES string of the molecule is N#Cc1ccc(Cl)cc1C(F)(F)F. The molecule has 0 aliphatic rings. The number of rotatable bonds is 0. The van der Waals surface area contributed by atoms with E-state index in [1.54, 1.807) is 0 Å². The maximum absolute atomic E-state index is 12.2. The van der Waals surface area contributed by atoms with Gasteiger partial charge in [-0.05, 0) is 18.2 Å². The largest absolute Gasteiger partial charge is 0.417 e. The lowest BCUT2D eigenvalue weighted by atomic mass is 10.1. The molecule has 0 aliphatic heterocycles. The van der Waals surface area contributed by atoms with E-state index in [0.29, 0.717) is 0 Å². The normalized spacial score (nSPS) is 11.0. The number of benzene rings is 1. The van der Waals surface area contributed by atoms with E-state index in [9.17, 15) is 13.2 Å². The van der Waals surface area contributed by atoms with Crippen LogP contribution in [0, 0.1) is 11.3 Å². The van der Waals surface area contributed by atoms with Crippen LogP contribution in [0.2, 0.25) is 5.02 Å². The first kappa shape index (κ1) is 9.87. The third kappa shape index (κ3) is 2.13. The van der Waals surface area contributed by atoms with Crippen molar-refractivity contribution in [2.24, 2.45) is 0 Å². The summed E-state index contributed by atoms with van der Waals surface area (Å²) in [5.74, 6) is 0. The molecule has 1 rings (SSSR count). The second-order valence-electron chi connectivity index (χ2n) is 2.30. The summed E-state index contributed by atoms with van der Waals surface area (Å²) in [6, 6.07) is 4.48. The highest BCUT2D eigenvalue weighted by molar-refractivity contribution is 6.30. The molecule has 0 N–H and O–H groups in total. The Kier molecular flexibility index (Phi) is 2.48. The molecule has 0 aliphatic carbocycles. The van der Waals surface area contributed by atoms with Crippen LogP contribution in [0.3, 0.4) is 0 Å². The fourth-order valence-electron chi connectivity index (χ4n) is 0.848. The van der Waals surface area contributed by atoms with Gasteiger partial charge in [0.25, 0.3) is 0 Å². The van der Waals surface area contributed by atoms with Gasteiger partial charge < -0.3 is 0 Å². The summed E-state index contributed by atoms with van der Waals surface area (Å²) in [7, 11) is 0. The molecule has 0 fully saturated rings. The second kappa shape index (κ2) is 3.27. The topological polar surface area (TPSA) is 23.8 Å². The van der Waals surface area contributed by atoms with Gasteiger partial charge in [0, 0.05) is 5.02 Å². The van der Waals surface area contributed by atoms with Gasteiger partial charge in [-0.15, -0.1) is 0 Å². The monoisotopic (exact) mass is 205 g/mol. The summed E-state index contributed by atoms with van der Waals surface area (Å²) < 4.78 is 36.6. The molecule has 1 aromatic carbocycles. The number of hydrogen-bond donors (Lipinski definition) is 0. The van der Waals surface area contributed by atoms with E-state index in [-0.39, 0.29) is 5.02 Å². The van der Waals surface area contributed by atoms with Crippen LogP contribution >= 0.6 is 11.6 Å². The van der Waals surface area contributed by atoms with E-state index in [0.717, 1.165) is 12.1 Å². The highest BCUT2D eigenvalue weighted by Crippen LogP contribution is 2.33. The maximum Gasteiger partial charge on any atom is 0.417 e. The predicted molar refractivity (Wildman–Crippen MR) is 41.2 cm³/mol. The van der Waals surface area contributed by atoms with Gasteiger partial charge in [-0.1, -0.05) is 11.6 Å². The minimum atomic E-state index is -4.53. The lowest BCUT2D eigenvalue weighted by Crippen LogP contribution is -2.07. The number of halogens is 4. The zero-order valence-corrected chi connectivity index (χ0v) is 6.95. The molecule has 0 saturated carbocycles. The molecule has 0 saturated heterocycles. The Balaban J connectivity index is 3.35. The average molecular weight is 206 g/mol. The molecular formula is C8H3ClF3N. The molecule has 13 heavy (non-hydrogen) atoms.